The zero-order chi connectivity index (χ0) is 37.7. The summed E-state index contributed by atoms with van der Waals surface area (Å²) in [6, 6.07) is 71.1. The lowest BCUT2D eigenvalue weighted by Crippen LogP contribution is -2.01. The van der Waals surface area contributed by atoms with Crippen molar-refractivity contribution in [1.29, 1.82) is 0 Å². The first kappa shape index (κ1) is 33.1. The van der Waals surface area contributed by atoms with Crippen molar-refractivity contribution in [2.75, 3.05) is 0 Å². The first-order chi connectivity index (χ1) is 28.3. The van der Waals surface area contributed by atoms with Crippen molar-refractivity contribution in [1.82, 2.24) is 15.0 Å². The summed E-state index contributed by atoms with van der Waals surface area (Å²) in [7, 11) is 0. The largest absolute Gasteiger partial charge is 0.208 e. The molecule has 0 N–H and O–H groups in total. The van der Waals surface area contributed by atoms with Crippen LogP contribution in [0.3, 0.4) is 0 Å². The van der Waals surface area contributed by atoms with E-state index in [0.29, 0.717) is 17.5 Å². The zero-order valence-electron chi connectivity index (χ0n) is 30.8. The maximum atomic E-state index is 5.31. The second-order valence-electron chi connectivity index (χ2n) is 14.3. The Morgan fingerprint density at radius 1 is 0.281 bits per heavy atom. The fourth-order valence-corrected chi connectivity index (χ4v) is 9.48. The van der Waals surface area contributed by atoms with Gasteiger partial charge in [-0.25, -0.2) is 15.0 Å². The summed E-state index contributed by atoms with van der Waals surface area (Å²) < 4.78 is 2.42. The van der Waals surface area contributed by atoms with E-state index in [1.54, 1.807) is 11.3 Å². The summed E-state index contributed by atoms with van der Waals surface area (Å²) in [5.74, 6) is 1.96. The van der Waals surface area contributed by atoms with Gasteiger partial charge in [0.2, 0.25) is 0 Å². The molecule has 0 aliphatic rings. The molecule has 0 aliphatic heterocycles. The molecular weight excluding hydrogens is 711 g/mol. The molecule has 0 aliphatic carbocycles. The molecule has 3 nitrogen and oxygen atoms in total. The molecule has 0 saturated heterocycles. The van der Waals surface area contributed by atoms with Gasteiger partial charge in [0, 0.05) is 36.9 Å². The molecule has 266 valence electrons. The van der Waals surface area contributed by atoms with Crippen molar-refractivity contribution < 1.29 is 0 Å². The third-order valence-electron chi connectivity index (χ3n) is 11.0. The van der Waals surface area contributed by atoms with Gasteiger partial charge in [0.15, 0.2) is 17.5 Å². The minimum absolute atomic E-state index is 0.643. The number of aromatic nitrogens is 3. The average molecular weight is 744 g/mol. The predicted molar refractivity (Wildman–Crippen MR) is 240 cm³/mol. The molecule has 0 spiro atoms. The molecule has 11 aromatic rings. The Balaban J connectivity index is 1.11. The van der Waals surface area contributed by atoms with E-state index in [1.165, 1.54) is 64.0 Å². The molecule has 2 aromatic heterocycles. The van der Waals surface area contributed by atoms with Gasteiger partial charge in [-0.05, 0) is 79.2 Å². The Kier molecular flexibility index (Phi) is 8.01. The monoisotopic (exact) mass is 743 g/mol. The summed E-state index contributed by atoms with van der Waals surface area (Å²) in [6.45, 7) is 0. The lowest BCUT2D eigenvalue weighted by molar-refractivity contribution is 1.08. The first-order valence-electron chi connectivity index (χ1n) is 19.2. The highest BCUT2D eigenvalue weighted by Crippen LogP contribution is 2.43. The molecule has 0 saturated carbocycles. The molecule has 0 radical (unpaired) electrons. The van der Waals surface area contributed by atoms with E-state index in [4.69, 9.17) is 15.0 Å². The van der Waals surface area contributed by atoms with Crippen LogP contribution in [0.25, 0.3) is 109 Å². The molecule has 0 amide bonds. The molecule has 0 unspecified atom stereocenters. The maximum Gasteiger partial charge on any atom is 0.165 e. The molecule has 0 fully saturated rings. The number of hydrogen-bond acceptors (Lipinski definition) is 4. The maximum absolute atomic E-state index is 5.31. The topological polar surface area (TPSA) is 38.7 Å². The number of hydrogen-bond donors (Lipinski definition) is 0. The molecule has 2 heterocycles. The summed E-state index contributed by atoms with van der Waals surface area (Å²) in [4.78, 5) is 15.7. The van der Waals surface area contributed by atoms with Crippen LogP contribution in [0.4, 0.5) is 0 Å². The quantitative estimate of drug-likeness (QED) is 0.159. The van der Waals surface area contributed by atoms with Gasteiger partial charge in [-0.2, -0.15) is 0 Å². The van der Waals surface area contributed by atoms with Crippen molar-refractivity contribution in [3.63, 3.8) is 0 Å². The molecule has 0 atom stereocenters. The van der Waals surface area contributed by atoms with Crippen LogP contribution in [0, 0.1) is 0 Å². The lowest BCUT2D eigenvalue weighted by Gasteiger charge is -2.16. The van der Waals surface area contributed by atoms with Crippen LogP contribution in [-0.4, -0.2) is 15.0 Å². The molecule has 0 bridgehead atoms. The number of benzene rings is 9. The minimum Gasteiger partial charge on any atom is -0.208 e. The van der Waals surface area contributed by atoms with Crippen molar-refractivity contribution in [2.24, 2.45) is 0 Å². The Labute approximate surface area is 334 Å². The van der Waals surface area contributed by atoms with Crippen molar-refractivity contribution in [3.05, 3.63) is 200 Å². The summed E-state index contributed by atoms with van der Waals surface area (Å²) in [5, 5.41) is 7.24. The van der Waals surface area contributed by atoms with Crippen LogP contribution in [0.15, 0.2) is 200 Å². The third kappa shape index (κ3) is 5.78. The van der Waals surface area contributed by atoms with Crippen LogP contribution in [-0.2, 0) is 0 Å². The van der Waals surface area contributed by atoms with Gasteiger partial charge >= 0.3 is 0 Å². The second-order valence-corrected chi connectivity index (χ2v) is 15.4. The summed E-state index contributed by atoms with van der Waals surface area (Å²) in [6.07, 6.45) is 0. The number of fused-ring (bicyclic) bond motifs is 6. The minimum atomic E-state index is 0.643. The van der Waals surface area contributed by atoms with Crippen LogP contribution in [0.2, 0.25) is 0 Å². The van der Waals surface area contributed by atoms with Crippen LogP contribution in [0.5, 0.6) is 0 Å². The van der Waals surface area contributed by atoms with Gasteiger partial charge in [-0.1, -0.05) is 176 Å². The van der Waals surface area contributed by atoms with E-state index in [9.17, 15) is 0 Å². The summed E-state index contributed by atoms with van der Waals surface area (Å²) >= 11 is 1.79. The van der Waals surface area contributed by atoms with Crippen molar-refractivity contribution in [3.8, 4) is 67.5 Å². The highest BCUT2D eigenvalue weighted by atomic mass is 32.1. The average Bonchev–Trinajstić information content (AvgIpc) is 3.68. The van der Waals surface area contributed by atoms with Crippen molar-refractivity contribution >= 4 is 53.1 Å². The zero-order valence-corrected chi connectivity index (χ0v) is 31.6. The van der Waals surface area contributed by atoms with Gasteiger partial charge in [0.05, 0.1) is 0 Å². The Morgan fingerprint density at radius 2 is 0.825 bits per heavy atom. The fourth-order valence-electron chi connectivity index (χ4n) is 8.27. The van der Waals surface area contributed by atoms with Crippen LogP contribution < -0.4 is 0 Å². The molecule has 11 rings (SSSR count). The Bertz CT molecular complexity index is 3300. The van der Waals surface area contributed by atoms with Crippen molar-refractivity contribution in [2.45, 2.75) is 0 Å². The van der Waals surface area contributed by atoms with E-state index >= 15 is 0 Å². The second kappa shape index (κ2) is 13.8. The highest BCUT2D eigenvalue weighted by Gasteiger charge is 2.20. The van der Waals surface area contributed by atoms with E-state index in [0.717, 1.165) is 27.8 Å². The van der Waals surface area contributed by atoms with Gasteiger partial charge in [0.25, 0.3) is 0 Å². The van der Waals surface area contributed by atoms with E-state index in [1.807, 2.05) is 18.2 Å². The standard InChI is InChI=1S/C53H33N3S/c1-3-16-34(17-4-1)38-20-7-8-21-39(38)36-30-31-37-33-48(41-23-10-9-22-40(41)47(37)32-36)42-24-11-12-26-45(42)52-54-51(35-18-5-2-6-19-35)55-53(56-52)46-28-15-27-44-43-25-13-14-29-49(43)57-50(44)46/h1-33H. The molecule has 4 heteroatoms. The Morgan fingerprint density at radius 3 is 1.60 bits per heavy atom. The smallest absolute Gasteiger partial charge is 0.165 e. The van der Waals surface area contributed by atoms with Gasteiger partial charge in [-0.3, -0.25) is 0 Å². The number of thiophene rings is 1. The van der Waals surface area contributed by atoms with E-state index in [2.05, 4.69) is 182 Å². The van der Waals surface area contributed by atoms with Gasteiger partial charge in [-0.15, -0.1) is 11.3 Å². The normalized spacial score (nSPS) is 11.5. The number of rotatable bonds is 6. The number of nitrogens with zero attached hydrogens (tertiary/aromatic N) is 3. The SMILES string of the molecule is c1ccc(-c2nc(-c3ccccc3-c3cc4ccc(-c5ccccc5-c5ccccc5)cc4c4ccccc34)nc(-c3cccc4c3sc3ccccc34)n2)cc1. The van der Waals surface area contributed by atoms with E-state index < -0.39 is 0 Å². The third-order valence-corrected chi connectivity index (χ3v) is 12.2. The lowest BCUT2D eigenvalue weighted by atomic mass is 9.88. The van der Waals surface area contributed by atoms with Crippen LogP contribution >= 0.6 is 11.3 Å². The van der Waals surface area contributed by atoms with Gasteiger partial charge in [0.1, 0.15) is 0 Å². The predicted octanol–water partition coefficient (Wildman–Crippen LogP) is 14.5. The molecular formula is C53H33N3S. The molecule has 9 aromatic carbocycles. The van der Waals surface area contributed by atoms with Crippen LogP contribution in [0.1, 0.15) is 0 Å². The molecule has 57 heavy (non-hydrogen) atoms. The fraction of sp³-hybridized carbons (Fsp3) is 0. The van der Waals surface area contributed by atoms with E-state index in [-0.39, 0.29) is 0 Å². The Hall–Kier alpha value is -7.27. The first-order valence-corrected chi connectivity index (χ1v) is 20.0. The summed E-state index contributed by atoms with van der Waals surface area (Å²) in [5.41, 5.74) is 9.98. The highest BCUT2D eigenvalue weighted by molar-refractivity contribution is 7.26. The van der Waals surface area contributed by atoms with Gasteiger partial charge < -0.3 is 0 Å².